The Bertz CT molecular complexity index is 266. The van der Waals surface area contributed by atoms with Gasteiger partial charge in [-0.2, -0.15) is 10.5 Å². The van der Waals surface area contributed by atoms with E-state index in [0.29, 0.717) is 25.9 Å². The molecule has 0 aliphatic rings. The lowest BCUT2D eigenvalue weighted by Crippen LogP contribution is -2.37. The molecule has 0 spiro atoms. The van der Waals surface area contributed by atoms with Crippen molar-refractivity contribution in [1.82, 2.24) is 4.90 Å². The molecule has 0 N–H and O–H groups in total. The first-order valence-corrected chi connectivity index (χ1v) is 5.73. The number of nitriles is 2. The van der Waals surface area contributed by atoms with Gasteiger partial charge in [-0.05, 0) is 12.8 Å². The van der Waals surface area contributed by atoms with Crippen LogP contribution in [-0.4, -0.2) is 23.9 Å². The molecule has 0 aliphatic heterocycles. The lowest BCUT2D eigenvalue weighted by molar-refractivity contribution is -0.135. The summed E-state index contributed by atoms with van der Waals surface area (Å²) in [6.45, 7) is 4.85. The molecule has 0 fully saturated rings. The maximum absolute atomic E-state index is 12.0. The summed E-state index contributed by atoms with van der Waals surface area (Å²) < 4.78 is 0. The summed E-state index contributed by atoms with van der Waals surface area (Å²) in [7, 11) is 0. The van der Waals surface area contributed by atoms with Crippen LogP contribution in [-0.2, 0) is 4.79 Å². The summed E-state index contributed by atoms with van der Waals surface area (Å²) in [4.78, 5) is 13.7. The topological polar surface area (TPSA) is 67.9 Å². The van der Waals surface area contributed by atoms with Crippen molar-refractivity contribution in [2.75, 3.05) is 13.1 Å². The average Bonchev–Trinajstić information content (AvgIpc) is 2.30. The van der Waals surface area contributed by atoms with Gasteiger partial charge in [-0.1, -0.05) is 13.8 Å². The van der Waals surface area contributed by atoms with Crippen molar-refractivity contribution < 1.29 is 4.79 Å². The van der Waals surface area contributed by atoms with Crippen LogP contribution in [0.2, 0.25) is 0 Å². The maximum Gasteiger partial charge on any atom is 0.225 e. The second kappa shape index (κ2) is 8.73. The van der Waals surface area contributed by atoms with Crippen LogP contribution in [0.5, 0.6) is 0 Å². The van der Waals surface area contributed by atoms with E-state index in [9.17, 15) is 4.79 Å². The highest BCUT2D eigenvalue weighted by molar-refractivity contribution is 5.78. The molecule has 0 saturated carbocycles. The van der Waals surface area contributed by atoms with E-state index in [2.05, 4.69) is 0 Å². The Hall–Kier alpha value is -1.55. The van der Waals surface area contributed by atoms with Crippen LogP contribution < -0.4 is 0 Å². The molecule has 16 heavy (non-hydrogen) atoms. The maximum atomic E-state index is 12.0. The lowest BCUT2D eigenvalue weighted by Gasteiger charge is -2.24. The van der Waals surface area contributed by atoms with Crippen molar-refractivity contribution in [3.05, 3.63) is 0 Å². The molecule has 0 atom stereocenters. The number of amides is 1. The van der Waals surface area contributed by atoms with Crippen molar-refractivity contribution >= 4 is 5.91 Å². The van der Waals surface area contributed by atoms with E-state index in [-0.39, 0.29) is 11.8 Å². The molecule has 0 saturated heterocycles. The second-order valence-corrected chi connectivity index (χ2v) is 3.65. The van der Waals surface area contributed by atoms with Gasteiger partial charge < -0.3 is 4.90 Å². The molecule has 0 rings (SSSR count). The Kier molecular flexibility index (Phi) is 7.89. The van der Waals surface area contributed by atoms with Crippen LogP contribution in [0.3, 0.4) is 0 Å². The van der Waals surface area contributed by atoms with Crippen molar-refractivity contribution in [2.24, 2.45) is 5.92 Å². The zero-order valence-corrected chi connectivity index (χ0v) is 10.1. The minimum absolute atomic E-state index is 0.0254. The van der Waals surface area contributed by atoms with Gasteiger partial charge in [0.25, 0.3) is 0 Å². The zero-order valence-electron chi connectivity index (χ0n) is 10.1. The molecule has 0 heterocycles. The number of nitrogens with zero attached hydrogens (tertiary/aromatic N) is 3. The molecular weight excluding hydrogens is 202 g/mol. The molecule has 1 amide bonds. The van der Waals surface area contributed by atoms with E-state index in [4.69, 9.17) is 10.5 Å². The smallest absolute Gasteiger partial charge is 0.225 e. The number of carbonyl (C=O) groups excluding carboxylic acids is 1. The highest BCUT2D eigenvalue weighted by Gasteiger charge is 2.20. The Morgan fingerprint density at radius 2 is 1.56 bits per heavy atom. The Morgan fingerprint density at radius 1 is 1.12 bits per heavy atom. The molecule has 0 aromatic carbocycles. The van der Waals surface area contributed by atoms with Crippen LogP contribution >= 0.6 is 0 Å². The van der Waals surface area contributed by atoms with E-state index in [1.165, 1.54) is 0 Å². The first kappa shape index (κ1) is 14.5. The first-order chi connectivity index (χ1) is 7.71. The van der Waals surface area contributed by atoms with Crippen molar-refractivity contribution in [1.29, 1.82) is 10.5 Å². The second-order valence-electron chi connectivity index (χ2n) is 3.65. The molecule has 4 heteroatoms. The minimum atomic E-state index is 0.0254. The fraction of sp³-hybridized carbons (Fsp3) is 0.750. The fourth-order valence-electron chi connectivity index (χ4n) is 1.60. The van der Waals surface area contributed by atoms with Crippen LogP contribution in [0, 0.1) is 28.6 Å². The molecule has 0 aliphatic carbocycles. The van der Waals surface area contributed by atoms with Gasteiger partial charge in [-0.25, -0.2) is 0 Å². The van der Waals surface area contributed by atoms with Gasteiger partial charge in [0.05, 0.1) is 25.0 Å². The highest BCUT2D eigenvalue weighted by atomic mass is 16.2. The van der Waals surface area contributed by atoms with Crippen molar-refractivity contribution in [3.8, 4) is 12.1 Å². The highest BCUT2D eigenvalue weighted by Crippen LogP contribution is 2.12. The summed E-state index contributed by atoms with van der Waals surface area (Å²) >= 11 is 0. The minimum Gasteiger partial charge on any atom is -0.340 e. The fourth-order valence-corrected chi connectivity index (χ4v) is 1.60. The van der Waals surface area contributed by atoms with Gasteiger partial charge in [0.15, 0.2) is 0 Å². The Morgan fingerprint density at radius 3 is 1.88 bits per heavy atom. The van der Waals surface area contributed by atoms with E-state index in [1.54, 1.807) is 4.90 Å². The normalized spacial score (nSPS) is 9.56. The third-order valence-corrected chi connectivity index (χ3v) is 2.63. The summed E-state index contributed by atoms with van der Waals surface area (Å²) in [5.41, 5.74) is 0. The molecule has 88 valence electrons. The number of hydrogen-bond donors (Lipinski definition) is 0. The number of carbonyl (C=O) groups is 1. The SMILES string of the molecule is CCC(CC)C(=O)N(CCC#N)CCC#N. The van der Waals surface area contributed by atoms with Gasteiger partial charge in [0.1, 0.15) is 0 Å². The summed E-state index contributed by atoms with van der Waals surface area (Å²) in [6.07, 6.45) is 2.28. The summed E-state index contributed by atoms with van der Waals surface area (Å²) in [5, 5.41) is 17.0. The average molecular weight is 221 g/mol. The zero-order chi connectivity index (χ0) is 12.4. The Balaban J connectivity index is 4.42. The number of hydrogen-bond acceptors (Lipinski definition) is 3. The molecule has 0 aromatic heterocycles. The third-order valence-electron chi connectivity index (χ3n) is 2.63. The largest absolute Gasteiger partial charge is 0.340 e. The molecule has 0 radical (unpaired) electrons. The van der Waals surface area contributed by atoms with Crippen LogP contribution in [0.1, 0.15) is 39.5 Å². The molecule has 0 unspecified atom stereocenters. The molecule has 4 nitrogen and oxygen atoms in total. The summed E-state index contributed by atoms with van der Waals surface area (Å²) in [5.74, 6) is 0.105. The van der Waals surface area contributed by atoms with Crippen LogP contribution in [0.4, 0.5) is 0 Å². The predicted molar refractivity (Wildman–Crippen MR) is 61.1 cm³/mol. The van der Waals surface area contributed by atoms with Gasteiger partial charge in [0, 0.05) is 19.0 Å². The van der Waals surface area contributed by atoms with Gasteiger partial charge >= 0.3 is 0 Å². The van der Waals surface area contributed by atoms with Gasteiger partial charge in [-0.15, -0.1) is 0 Å². The lowest BCUT2D eigenvalue weighted by atomic mass is 10.0. The predicted octanol–water partition coefficient (Wildman–Crippen LogP) is 2.08. The van der Waals surface area contributed by atoms with Gasteiger partial charge in [0.2, 0.25) is 5.91 Å². The van der Waals surface area contributed by atoms with Crippen molar-refractivity contribution in [3.63, 3.8) is 0 Å². The van der Waals surface area contributed by atoms with Crippen LogP contribution in [0.25, 0.3) is 0 Å². The summed E-state index contributed by atoms with van der Waals surface area (Å²) in [6, 6.07) is 4.06. The Labute approximate surface area is 97.5 Å². The van der Waals surface area contributed by atoms with E-state index in [0.717, 1.165) is 12.8 Å². The van der Waals surface area contributed by atoms with E-state index >= 15 is 0 Å². The first-order valence-electron chi connectivity index (χ1n) is 5.73. The number of rotatable bonds is 7. The standard InChI is InChI=1S/C12H19N3O/c1-3-11(4-2)12(16)15(9-5-7-13)10-6-8-14/h11H,3-6,9-10H2,1-2H3. The van der Waals surface area contributed by atoms with E-state index in [1.807, 2.05) is 26.0 Å². The third kappa shape index (κ3) is 4.79. The molecule has 0 aromatic rings. The molecular formula is C12H19N3O. The molecule has 0 bridgehead atoms. The van der Waals surface area contributed by atoms with E-state index < -0.39 is 0 Å². The van der Waals surface area contributed by atoms with Gasteiger partial charge in [-0.3, -0.25) is 4.79 Å². The quantitative estimate of drug-likeness (QED) is 0.661. The van der Waals surface area contributed by atoms with Crippen molar-refractivity contribution in [2.45, 2.75) is 39.5 Å². The monoisotopic (exact) mass is 221 g/mol. The van der Waals surface area contributed by atoms with Crippen LogP contribution in [0.15, 0.2) is 0 Å².